The average molecular weight is 612 g/mol. The Morgan fingerprint density at radius 1 is 0.955 bits per heavy atom. The van der Waals surface area contributed by atoms with Crippen LogP contribution in [0.4, 0.5) is 5.69 Å². The van der Waals surface area contributed by atoms with Crippen molar-refractivity contribution in [2.24, 2.45) is 0 Å². The minimum atomic E-state index is -3.90. The van der Waals surface area contributed by atoms with Gasteiger partial charge in [-0.25, -0.2) is 18.0 Å². The molecule has 0 saturated carbocycles. The number of methoxy groups -OCH3 is 1. The van der Waals surface area contributed by atoms with E-state index in [1.165, 1.54) is 31.4 Å². The standard InChI is InChI=1S/C28H21N3O5S.C5H8O2/c1-19(10-9-13-20-11-3-2-4-12-20)28(33)36-24-16-7-6-15-23(24)30-27(32)22(18-29)26-21-14-5-8-17-25(21)37(34,35)31-26;1-4(2)5(6)7-3/h2-9,11-17,31H,1,10H2,(H,30,32);1H2,2-3H3. The van der Waals surface area contributed by atoms with Gasteiger partial charge in [0.05, 0.1) is 23.4 Å². The summed E-state index contributed by atoms with van der Waals surface area (Å²) in [5.74, 6) is -1.86. The first-order chi connectivity index (χ1) is 21.0. The molecule has 0 fully saturated rings. The number of amides is 1. The summed E-state index contributed by atoms with van der Waals surface area (Å²) < 4.78 is 36.8. The van der Waals surface area contributed by atoms with E-state index < -0.39 is 27.5 Å². The minimum Gasteiger partial charge on any atom is -0.466 e. The topological polar surface area (TPSA) is 152 Å². The van der Waals surface area contributed by atoms with Crippen molar-refractivity contribution in [1.29, 1.82) is 5.26 Å². The second-order valence-corrected chi connectivity index (χ2v) is 10.8. The number of hydrogen-bond donors (Lipinski definition) is 2. The Morgan fingerprint density at radius 2 is 1.59 bits per heavy atom. The summed E-state index contributed by atoms with van der Waals surface area (Å²) in [6.07, 6.45) is 3.91. The first-order valence-corrected chi connectivity index (χ1v) is 14.5. The predicted octanol–water partition coefficient (Wildman–Crippen LogP) is 5.15. The zero-order valence-electron chi connectivity index (χ0n) is 24.0. The number of hydrogen-bond acceptors (Lipinski definition) is 8. The van der Waals surface area contributed by atoms with E-state index in [1.54, 1.807) is 43.3 Å². The number of nitriles is 1. The van der Waals surface area contributed by atoms with Crippen molar-refractivity contribution in [2.45, 2.75) is 18.2 Å². The van der Waals surface area contributed by atoms with Gasteiger partial charge in [-0.15, -0.1) is 0 Å². The van der Waals surface area contributed by atoms with Gasteiger partial charge >= 0.3 is 11.9 Å². The quantitative estimate of drug-likeness (QED) is 0.154. The van der Waals surface area contributed by atoms with E-state index >= 15 is 0 Å². The van der Waals surface area contributed by atoms with Gasteiger partial charge in [-0.3, -0.25) is 9.52 Å². The molecule has 0 radical (unpaired) electrons. The fourth-order valence-corrected chi connectivity index (χ4v) is 5.04. The Hall–Kier alpha value is -5.73. The lowest BCUT2D eigenvalue weighted by molar-refractivity contribution is -0.136. The number of rotatable bonds is 8. The Morgan fingerprint density at radius 3 is 2.23 bits per heavy atom. The lowest BCUT2D eigenvalue weighted by Gasteiger charge is -2.12. The van der Waals surface area contributed by atoms with Crippen molar-refractivity contribution in [1.82, 2.24) is 4.72 Å². The number of benzene rings is 3. The van der Waals surface area contributed by atoms with Crippen molar-refractivity contribution < 1.29 is 32.3 Å². The van der Waals surface area contributed by atoms with Crippen molar-refractivity contribution >= 4 is 45.3 Å². The predicted molar refractivity (Wildman–Crippen MR) is 166 cm³/mol. The van der Waals surface area contributed by atoms with Crippen LogP contribution >= 0.6 is 0 Å². The summed E-state index contributed by atoms with van der Waals surface area (Å²) in [6, 6.07) is 23.6. The molecule has 1 amide bonds. The van der Waals surface area contributed by atoms with Gasteiger partial charge in [-0.2, -0.15) is 5.26 Å². The number of nitrogens with one attached hydrogen (secondary N) is 2. The molecule has 44 heavy (non-hydrogen) atoms. The second-order valence-electron chi connectivity index (χ2n) is 9.20. The van der Waals surface area contributed by atoms with Crippen LogP contribution in [0, 0.1) is 11.3 Å². The molecular formula is C33H29N3O7S. The third-order valence-corrected chi connectivity index (χ3v) is 7.31. The van der Waals surface area contributed by atoms with Gasteiger partial charge < -0.3 is 14.8 Å². The van der Waals surface area contributed by atoms with Crippen LogP contribution in [0.25, 0.3) is 11.8 Å². The summed E-state index contributed by atoms with van der Waals surface area (Å²) in [7, 11) is -2.57. The molecular weight excluding hydrogens is 582 g/mol. The number of fused-ring (bicyclic) bond motifs is 1. The molecule has 11 heteroatoms. The first kappa shape index (κ1) is 32.8. The van der Waals surface area contributed by atoms with E-state index in [9.17, 15) is 28.1 Å². The fraction of sp³-hybridized carbons (Fsp3) is 0.0909. The molecule has 0 atom stereocenters. The number of carbonyl (C=O) groups is 3. The minimum absolute atomic E-state index is 0.0280. The highest BCUT2D eigenvalue weighted by atomic mass is 32.2. The van der Waals surface area contributed by atoms with Crippen LogP contribution in [0.2, 0.25) is 0 Å². The van der Waals surface area contributed by atoms with Crippen molar-refractivity contribution in [2.75, 3.05) is 12.4 Å². The number of para-hydroxylation sites is 2. The van der Waals surface area contributed by atoms with E-state index in [-0.39, 0.29) is 45.6 Å². The zero-order chi connectivity index (χ0) is 32.3. The summed E-state index contributed by atoms with van der Waals surface area (Å²) in [5, 5.41) is 12.2. The molecule has 1 aliphatic rings. The maximum absolute atomic E-state index is 13.0. The average Bonchev–Trinajstić information content (AvgIpc) is 3.28. The molecule has 3 aromatic carbocycles. The molecule has 0 bridgehead atoms. The summed E-state index contributed by atoms with van der Waals surface area (Å²) in [6.45, 7) is 8.73. The lowest BCUT2D eigenvalue weighted by Crippen LogP contribution is -2.21. The highest BCUT2D eigenvalue weighted by molar-refractivity contribution is 7.90. The molecule has 0 saturated heterocycles. The molecule has 0 aromatic heterocycles. The number of ether oxygens (including phenoxy) is 2. The van der Waals surface area contributed by atoms with E-state index in [4.69, 9.17) is 4.74 Å². The normalized spacial score (nSPS) is 13.6. The van der Waals surface area contributed by atoms with Gasteiger partial charge in [0, 0.05) is 16.7 Å². The molecule has 1 heterocycles. The molecule has 1 aliphatic heterocycles. The van der Waals surface area contributed by atoms with Crippen molar-refractivity contribution in [3.05, 3.63) is 126 Å². The Balaban J connectivity index is 0.000000676. The zero-order valence-corrected chi connectivity index (χ0v) is 24.8. The van der Waals surface area contributed by atoms with Crippen LogP contribution < -0.4 is 14.8 Å². The number of carbonyl (C=O) groups excluding carboxylic acids is 3. The van der Waals surface area contributed by atoms with Gasteiger partial charge in [0.2, 0.25) is 0 Å². The number of nitrogens with zero attached hydrogens (tertiary/aromatic N) is 1. The lowest BCUT2D eigenvalue weighted by atomic mass is 10.1. The van der Waals surface area contributed by atoms with Crippen LogP contribution in [0.15, 0.2) is 120 Å². The third kappa shape index (κ3) is 8.40. The number of sulfonamides is 1. The molecule has 0 aliphatic carbocycles. The Kier molecular flexibility index (Phi) is 11.1. The molecule has 10 nitrogen and oxygen atoms in total. The van der Waals surface area contributed by atoms with Crippen molar-refractivity contribution in [3.63, 3.8) is 0 Å². The van der Waals surface area contributed by atoms with E-state index in [1.807, 2.05) is 36.4 Å². The molecule has 224 valence electrons. The van der Waals surface area contributed by atoms with Crippen LogP contribution in [0.3, 0.4) is 0 Å². The smallest absolute Gasteiger partial charge is 0.339 e. The summed E-state index contributed by atoms with van der Waals surface area (Å²) in [5.41, 5.74) is 1.39. The molecule has 4 rings (SSSR count). The van der Waals surface area contributed by atoms with Crippen molar-refractivity contribution in [3.8, 4) is 11.8 Å². The van der Waals surface area contributed by atoms with Gasteiger partial charge in [-0.05, 0) is 37.1 Å². The molecule has 0 spiro atoms. The maximum atomic E-state index is 13.0. The number of allylic oxidation sites excluding steroid dienone is 1. The highest BCUT2D eigenvalue weighted by Gasteiger charge is 2.33. The van der Waals surface area contributed by atoms with Crippen LogP contribution in [0.1, 0.15) is 24.5 Å². The van der Waals surface area contributed by atoms with Crippen LogP contribution in [-0.2, 0) is 29.1 Å². The number of anilines is 1. The second kappa shape index (κ2) is 14.9. The fourth-order valence-electron chi connectivity index (χ4n) is 3.73. The maximum Gasteiger partial charge on any atom is 0.339 e. The molecule has 2 N–H and O–H groups in total. The van der Waals surface area contributed by atoms with Gasteiger partial charge in [0.1, 0.15) is 11.6 Å². The first-order valence-electron chi connectivity index (χ1n) is 13.0. The van der Waals surface area contributed by atoms with E-state index in [0.717, 1.165) is 5.56 Å². The van der Waals surface area contributed by atoms with Gasteiger partial charge in [0.25, 0.3) is 15.9 Å². The van der Waals surface area contributed by atoms with Gasteiger partial charge in [-0.1, -0.05) is 86.0 Å². The molecule has 0 unspecified atom stereocenters. The highest BCUT2D eigenvalue weighted by Crippen LogP contribution is 2.33. The monoisotopic (exact) mass is 611 g/mol. The summed E-state index contributed by atoms with van der Waals surface area (Å²) >= 11 is 0. The van der Waals surface area contributed by atoms with E-state index in [0.29, 0.717) is 5.57 Å². The SMILES string of the molecule is C=C(C)C(=O)OC.C=C(CC=Cc1ccccc1)C(=O)Oc1ccccc1NC(=O)C(C#N)=C1NS(=O)(=O)c2ccccc21. The Labute approximate surface area is 255 Å². The molecule has 3 aromatic rings. The summed E-state index contributed by atoms with van der Waals surface area (Å²) in [4.78, 5) is 35.8. The van der Waals surface area contributed by atoms with E-state index in [2.05, 4.69) is 27.9 Å². The van der Waals surface area contributed by atoms with Gasteiger partial charge in [0.15, 0.2) is 5.75 Å². The Bertz CT molecular complexity index is 1820. The van der Waals surface area contributed by atoms with Crippen LogP contribution in [0.5, 0.6) is 5.75 Å². The third-order valence-electron chi connectivity index (χ3n) is 5.91. The van der Waals surface area contributed by atoms with Crippen LogP contribution in [-0.4, -0.2) is 33.4 Å². The number of esters is 2. The largest absolute Gasteiger partial charge is 0.466 e.